The lowest BCUT2D eigenvalue weighted by Crippen LogP contribution is -2.36. The molecular weight excluding hydrogens is 340 g/mol. The van der Waals surface area contributed by atoms with Crippen molar-refractivity contribution in [3.8, 4) is 5.75 Å². The molecule has 1 fully saturated rings. The predicted octanol–water partition coefficient (Wildman–Crippen LogP) is 2.83. The summed E-state index contributed by atoms with van der Waals surface area (Å²) in [5.74, 6) is -0.519. The Labute approximate surface area is 131 Å². The van der Waals surface area contributed by atoms with Gasteiger partial charge in [-0.15, -0.1) is 0 Å². The van der Waals surface area contributed by atoms with Crippen LogP contribution >= 0.6 is 15.9 Å². The molecule has 0 aliphatic heterocycles. The van der Waals surface area contributed by atoms with Crippen molar-refractivity contribution < 1.29 is 19.4 Å². The molecule has 0 bridgehead atoms. The molecule has 6 nitrogen and oxygen atoms in total. The van der Waals surface area contributed by atoms with Gasteiger partial charge >= 0.3 is 12.0 Å². The molecule has 1 saturated carbocycles. The van der Waals surface area contributed by atoms with Crippen molar-refractivity contribution in [2.24, 2.45) is 5.92 Å². The quantitative estimate of drug-likeness (QED) is 0.773. The number of hydrogen-bond donors (Lipinski definition) is 3. The summed E-state index contributed by atoms with van der Waals surface area (Å²) in [6.07, 6.45) is 1.76. The molecule has 2 amide bonds. The zero-order valence-corrected chi connectivity index (χ0v) is 13.1. The van der Waals surface area contributed by atoms with E-state index in [2.05, 4.69) is 26.6 Å². The Bertz CT molecular complexity index is 550. The molecule has 1 aliphatic carbocycles. The van der Waals surface area contributed by atoms with Crippen LogP contribution in [0.5, 0.6) is 5.75 Å². The van der Waals surface area contributed by atoms with Crippen LogP contribution in [0.25, 0.3) is 0 Å². The number of anilines is 1. The fraction of sp³-hybridized carbons (Fsp3) is 0.429. The fourth-order valence-corrected chi connectivity index (χ4v) is 2.75. The number of carboxylic acids is 1. The van der Waals surface area contributed by atoms with E-state index in [1.165, 1.54) is 0 Å². The number of carbonyl (C=O) groups is 2. The molecule has 1 aliphatic rings. The normalized spacial score (nSPS) is 20.9. The second-order valence-electron chi connectivity index (χ2n) is 4.99. The number of carbonyl (C=O) groups excluding carboxylic acids is 1. The molecule has 2 atom stereocenters. The molecule has 1 aromatic rings. The van der Waals surface area contributed by atoms with Crippen LogP contribution in [-0.2, 0) is 4.79 Å². The minimum Gasteiger partial charge on any atom is -0.497 e. The van der Waals surface area contributed by atoms with Gasteiger partial charge in [-0.25, -0.2) is 4.79 Å². The molecule has 1 aromatic carbocycles. The molecule has 7 heteroatoms. The molecule has 2 unspecified atom stereocenters. The summed E-state index contributed by atoms with van der Waals surface area (Å²) in [5, 5.41) is 14.5. The highest BCUT2D eigenvalue weighted by Crippen LogP contribution is 2.28. The monoisotopic (exact) mass is 356 g/mol. The number of benzene rings is 1. The van der Waals surface area contributed by atoms with Crippen LogP contribution < -0.4 is 15.4 Å². The first-order valence-electron chi connectivity index (χ1n) is 6.63. The van der Waals surface area contributed by atoms with Crippen LogP contribution in [0.1, 0.15) is 19.3 Å². The van der Waals surface area contributed by atoms with Crippen molar-refractivity contribution in [3.63, 3.8) is 0 Å². The number of urea groups is 1. The minimum atomic E-state index is -0.796. The van der Waals surface area contributed by atoms with E-state index in [4.69, 9.17) is 9.84 Å². The second kappa shape index (κ2) is 6.80. The zero-order valence-electron chi connectivity index (χ0n) is 11.6. The van der Waals surface area contributed by atoms with E-state index in [0.29, 0.717) is 30.7 Å². The van der Waals surface area contributed by atoms with E-state index < -0.39 is 5.97 Å². The SMILES string of the molecule is COc1ccc(Br)c(NC(=O)NC2CCC(C(=O)O)C2)c1. The van der Waals surface area contributed by atoms with Gasteiger partial charge in [0.1, 0.15) is 5.75 Å². The Balaban J connectivity index is 1.92. The van der Waals surface area contributed by atoms with Gasteiger partial charge in [0, 0.05) is 16.6 Å². The third kappa shape index (κ3) is 4.10. The van der Waals surface area contributed by atoms with E-state index in [1.54, 1.807) is 25.3 Å². The maximum absolute atomic E-state index is 12.0. The first-order valence-corrected chi connectivity index (χ1v) is 7.42. The first kappa shape index (κ1) is 15.6. The van der Waals surface area contributed by atoms with E-state index >= 15 is 0 Å². The molecule has 0 spiro atoms. The molecule has 2 rings (SSSR count). The number of ether oxygens (including phenoxy) is 1. The van der Waals surface area contributed by atoms with Gasteiger partial charge in [0.05, 0.1) is 18.7 Å². The number of carboxylic acid groups (broad SMARTS) is 1. The molecule has 21 heavy (non-hydrogen) atoms. The first-order chi connectivity index (χ1) is 9.99. The number of hydrogen-bond acceptors (Lipinski definition) is 3. The lowest BCUT2D eigenvalue weighted by molar-refractivity contribution is -0.141. The smallest absolute Gasteiger partial charge is 0.319 e. The highest BCUT2D eigenvalue weighted by atomic mass is 79.9. The Morgan fingerprint density at radius 2 is 2.14 bits per heavy atom. The largest absolute Gasteiger partial charge is 0.497 e. The van der Waals surface area contributed by atoms with Crippen molar-refractivity contribution in [3.05, 3.63) is 22.7 Å². The Morgan fingerprint density at radius 3 is 2.76 bits per heavy atom. The summed E-state index contributed by atoms with van der Waals surface area (Å²) in [4.78, 5) is 22.9. The summed E-state index contributed by atoms with van der Waals surface area (Å²) < 4.78 is 5.85. The van der Waals surface area contributed by atoms with E-state index in [-0.39, 0.29) is 18.0 Å². The Kier molecular flexibility index (Phi) is 5.06. The van der Waals surface area contributed by atoms with E-state index in [9.17, 15) is 9.59 Å². The Morgan fingerprint density at radius 1 is 1.38 bits per heavy atom. The second-order valence-corrected chi connectivity index (χ2v) is 5.84. The lowest BCUT2D eigenvalue weighted by atomic mass is 10.1. The average Bonchev–Trinajstić information content (AvgIpc) is 2.90. The van der Waals surface area contributed by atoms with E-state index in [1.807, 2.05) is 0 Å². The maximum Gasteiger partial charge on any atom is 0.319 e. The molecular formula is C14H17BrN2O4. The number of methoxy groups -OCH3 is 1. The van der Waals surface area contributed by atoms with Crippen LogP contribution in [0.2, 0.25) is 0 Å². The van der Waals surface area contributed by atoms with Crippen LogP contribution in [0.3, 0.4) is 0 Å². The molecule has 0 aromatic heterocycles. The average molecular weight is 357 g/mol. The summed E-state index contributed by atoms with van der Waals surface area (Å²) in [6, 6.07) is 4.82. The van der Waals surface area contributed by atoms with Gasteiger partial charge in [0.15, 0.2) is 0 Å². The van der Waals surface area contributed by atoms with Crippen LogP contribution in [0.15, 0.2) is 22.7 Å². The molecule has 0 heterocycles. The van der Waals surface area contributed by atoms with Crippen LogP contribution in [-0.4, -0.2) is 30.3 Å². The lowest BCUT2D eigenvalue weighted by Gasteiger charge is -2.14. The van der Waals surface area contributed by atoms with Crippen molar-refractivity contribution in [1.82, 2.24) is 5.32 Å². The number of aliphatic carboxylic acids is 1. The van der Waals surface area contributed by atoms with Crippen molar-refractivity contribution in [2.45, 2.75) is 25.3 Å². The number of halogens is 1. The zero-order chi connectivity index (χ0) is 15.4. The molecule has 114 valence electrons. The standard InChI is InChI=1S/C14H17BrN2O4/c1-21-10-4-5-11(15)12(7-10)17-14(20)16-9-3-2-8(6-9)13(18)19/h4-5,7-9H,2-3,6H2,1H3,(H,18,19)(H2,16,17,20). The van der Waals surface area contributed by atoms with Gasteiger partial charge in [-0.2, -0.15) is 0 Å². The van der Waals surface area contributed by atoms with Gasteiger partial charge in [0.25, 0.3) is 0 Å². The summed E-state index contributed by atoms with van der Waals surface area (Å²) in [5.41, 5.74) is 0.597. The van der Waals surface area contributed by atoms with E-state index in [0.717, 1.165) is 4.47 Å². The molecule has 0 saturated heterocycles. The summed E-state index contributed by atoms with van der Waals surface area (Å²) in [6.45, 7) is 0. The highest BCUT2D eigenvalue weighted by Gasteiger charge is 2.30. The number of nitrogens with one attached hydrogen (secondary N) is 2. The third-order valence-electron chi connectivity index (χ3n) is 3.54. The summed E-state index contributed by atoms with van der Waals surface area (Å²) in [7, 11) is 1.55. The topological polar surface area (TPSA) is 87.7 Å². The molecule has 0 radical (unpaired) electrons. The van der Waals surface area contributed by atoms with Crippen molar-refractivity contribution in [1.29, 1.82) is 0 Å². The van der Waals surface area contributed by atoms with Crippen molar-refractivity contribution in [2.75, 3.05) is 12.4 Å². The van der Waals surface area contributed by atoms with Gasteiger partial charge in [-0.05, 0) is 47.3 Å². The number of rotatable bonds is 4. The molecule has 3 N–H and O–H groups in total. The van der Waals surface area contributed by atoms with Crippen LogP contribution in [0.4, 0.5) is 10.5 Å². The van der Waals surface area contributed by atoms with Gasteiger partial charge in [-0.1, -0.05) is 0 Å². The summed E-state index contributed by atoms with van der Waals surface area (Å²) >= 11 is 3.35. The van der Waals surface area contributed by atoms with Crippen molar-refractivity contribution >= 4 is 33.6 Å². The number of amides is 2. The van der Waals surface area contributed by atoms with Gasteiger partial charge in [-0.3, -0.25) is 4.79 Å². The van der Waals surface area contributed by atoms with Gasteiger partial charge < -0.3 is 20.5 Å². The predicted molar refractivity (Wildman–Crippen MR) is 81.6 cm³/mol. The Hall–Kier alpha value is -1.76. The van der Waals surface area contributed by atoms with Crippen LogP contribution in [0, 0.1) is 5.92 Å². The highest BCUT2D eigenvalue weighted by molar-refractivity contribution is 9.10. The minimum absolute atomic E-state index is 0.101. The van der Waals surface area contributed by atoms with Gasteiger partial charge in [0.2, 0.25) is 0 Å². The fourth-order valence-electron chi connectivity index (χ4n) is 2.41. The third-order valence-corrected chi connectivity index (χ3v) is 4.23. The maximum atomic E-state index is 12.0.